The Balaban J connectivity index is 2.88. The fourth-order valence-electron chi connectivity index (χ4n) is 1.23. The van der Waals surface area contributed by atoms with Crippen LogP contribution in [0.3, 0.4) is 0 Å². The molecule has 1 unspecified atom stereocenters. The quantitative estimate of drug-likeness (QED) is 0.783. The Morgan fingerprint density at radius 2 is 2.23 bits per heavy atom. The minimum atomic E-state index is -0.168. The van der Waals surface area contributed by atoms with Gasteiger partial charge < -0.3 is 10.8 Å². The zero-order valence-electron chi connectivity index (χ0n) is 7.63. The van der Waals surface area contributed by atoms with Crippen molar-refractivity contribution >= 4 is 11.6 Å². The van der Waals surface area contributed by atoms with E-state index >= 15 is 0 Å². The van der Waals surface area contributed by atoms with Crippen LogP contribution < -0.4 is 5.73 Å². The van der Waals surface area contributed by atoms with Crippen molar-refractivity contribution in [2.24, 2.45) is 5.73 Å². The van der Waals surface area contributed by atoms with Crippen LogP contribution in [0.15, 0.2) is 18.2 Å². The summed E-state index contributed by atoms with van der Waals surface area (Å²) in [6.07, 6.45) is 0.544. The second-order valence-electron chi connectivity index (χ2n) is 3.14. The van der Waals surface area contributed by atoms with Crippen LogP contribution in [0.5, 0.6) is 0 Å². The molecule has 3 heteroatoms. The molecule has 1 aromatic rings. The van der Waals surface area contributed by atoms with Gasteiger partial charge in [0.25, 0.3) is 0 Å². The number of aryl methyl sites for hydroxylation is 1. The Hall–Kier alpha value is -0.570. The normalized spacial score (nSPS) is 12.9. The lowest BCUT2D eigenvalue weighted by Gasteiger charge is -2.12. The summed E-state index contributed by atoms with van der Waals surface area (Å²) in [5.74, 6) is 0. The van der Waals surface area contributed by atoms with E-state index in [2.05, 4.69) is 0 Å². The van der Waals surface area contributed by atoms with Gasteiger partial charge in [-0.25, -0.2) is 0 Å². The van der Waals surface area contributed by atoms with Gasteiger partial charge in [0, 0.05) is 17.7 Å². The van der Waals surface area contributed by atoms with Crippen molar-refractivity contribution in [3.63, 3.8) is 0 Å². The van der Waals surface area contributed by atoms with Gasteiger partial charge in [-0.2, -0.15) is 0 Å². The summed E-state index contributed by atoms with van der Waals surface area (Å²) in [7, 11) is 0. The summed E-state index contributed by atoms with van der Waals surface area (Å²) >= 11 is 6.00. The number of hydrogen-bond acceptors (Lipinski definition) is 2. The molecule has 0 fully saturated rings. The van der Waals surface area contributed by atoms with Crippen molar-refractivity contribution in [2.75, 3.05) is 6.61 Å². The van der Waals surface area contributed by atoms with E-state index in [-0.39, 0.29) is 12.6 Å². The van der Waals surface area contributed by atoms with Crippen LogP contribution in [0.25, 0.3) is 0 Å². The van der Waals surface area contributed by atoms with Crippen molar-refractivity contribution in [1.82, 2.24) is 0 Å². The van der Waals surface area contributed by atoms with E-state index in [0.717, 1.165) is 11.1 Å². The third kappa shape index (κ3) is 2.69. The maximum Gasteiger partial charge on any atom is 0.0456 e. The van der Waals surface area contributed by atoms with Crippen molar-refractivity contribution in [1.29, 1.82) is 0 Å². The van der Waals surface area contributed by atoms with E-state index in [9.17, 15) is 0 Å². The number of halogens is 1. The first-order valence-corrected chi connectivity index (χ1v) is 4.65. The molecule has 0 aliphatic heterocycles. The Morgan fingerprint density at radius 3 is 2.77 bits per heavy atom. The molecule has 0 aromatic heterocycles. The van der Waals surface area contributed by atoms with Gasteiger partial charge in [0.05, 0.1) is 0 Å². The molecule has 3 N–H and O–H groups in total. The second kappa shape index (κ2) is 4.61. The molecule has 72 valence electrons. The number of rotatable bonds is 3. The fourth-order valence-corrected chi connectivity index (χ4v) is 1.60. The predicted octanol–water partition coefficient (Wildman–Crippen LogP) is 2.03. The molecule has 0 radical (unpaired) electrons. The maximum atomic E-state index is 8.72. The van der Waals surface area contributed by atoms with Crippen molar-refractivity contribution in [3.05, 3.63) is 34.3 Å². The smallest absolute Gasteiger partial charge is 0.0456 e. The van der Waals surface area contributed by atoms with Crippen molar-refractivity contribution in [3.8, 4) is 0 Å². The van der Waals surface area contributed by atoms with E-state index in [1.807, 2.05) is 25.1 Å². The molecule has 1 atom stereocenters. The number of hydrogen-bond donors (Lipinski definition) is 2. The van der Waals surface area contributed by atoms with E-state index in [1.165, 1.54) is 0 Å². The van der Waals surface area contributed by atoms with Gasteiger partial charge in [0.2, 0.25) is 0 Å². The zero-order valence-corrected chi connectivity index (χ0v) is 8.38. The van der Waals surface area contributed by atoms with Gasteiger partial charge in [0.1, 0.15) is 0 Å². The highest BCUT2D eigenvalue weighted by Crippen LogP contribution is 2.24. The van der Waals surface area contributed by atoms with Crippen LogP contribution in [0.2, 0.25) is 5.02 Å². The number of aliphatic hydroxyl groups excluding tert-OH is 1. The van der Waals surface area contributed by atoms with E-state index < -0.39 is 0 Å². The third-order valence-corrected chi connectivity index (χ3v) is 2.32. The van der Waals surface area contributed by atoms with E-state index in [0.29, 0.717) is 11.4 Å². The lowest BCUT2D eigenvalue weighted by atomic mass is 10.0. The highest BCUT2D eigenvalue weighted by atomic mass is 35.5. The monoisotopic (exact) mass is 199 g/mol. The van der Waals surface area contributed by atoms with E-state index in [1.54, 1.807) is 0 Å². The molecule has 0 amide bonds. The number of aliphatic hydroxyl groups is 1. The van der Waals surface area contributed by atoms with Crippen LogP contribution in [-0.4, -0.2) is 11.7 Å². The molecule has 0 spiro atoms. The van der Waals surface area contributed by atoms with Crippen molar-refractivity contribution in [2.45, 2.75) is 19.4 Å². The van der Waals surface area contributed by atoms with Gasteiger partial charge >= 0.3 is 0 Å². The molecule has 2 nitrogen and oxygen atoms in total. The first-order valence-electron chi connectivity index (χ1n) is 4.27. The van der Waals surface area contributed by atoms with Gasteiger partial charge in [0.15, 0.2) is 0 Å². The SMILES string of the molecule is Cc1ccc(C(N)CCO)c(Cl)c1. The molecule has 0 heterocycles. The van der Waals surface area contributed by atoms with Crippen LogP contribution in [0, 0.1) is 6.92 Å². The first kappa shape index (κ1) is 10.5. The molecule has 0 aliphatic carbocycles. The highest BCUT2D eigenvalue weighted by molar-refractivity contribution is 6.31. The molecule has 13 heavy (non-hydrogen) atoms. The van der Waals surface area contributed by atoms with Gasteiger partial charge in [-0.1, -0.05) is 23.7 Å². The molecule has 0 saturated carbocycles. The van der Waals surface area contributed by atoms with Gasteiger partial charge in [-0.15, -0.1) is 0 Å². The van der Waals surface area contributed by atoms with Crippen LogP contribution >= 0.6 is 11.6 Å². The van der Waals surface area contributed by atoms with Crippen molar-refractivity contribution < 1.29 is 5.11 Å². The van der Waals surface area contributed by atoms with Gasteiger partial charge in [-0.3, -0.25) is 0 Å². The minimum Gasteiger partial charge on any atom is -0.396 e. The lowest BCUT2D eigenvalue weighted by molar-refractivity contribution is 0.276. The Bertz CT molecular complexity index is 288. The maximum absolute atomic E-state index is 8.72. The summed E-state index contributed by atoms with van der Waals surface area (Å²) in [5.41, 5.74) is 7.83. The van der Waals surface area contributed by atoms with Crippen LogP contribution in [-0.2, 0) is 0 Å². The Morgan fingerprint density at radius 1 is 1.54 bits per heavy atom. The molecule has 0 saturated heterocycles. The van der Waals surface area contributed by atoms with E-state index in [4.69, 9.17) is 22.4 Å². The zero-order chi connectivity index (χ0) is 9.84. The summed E-state index contributed by atoms with van der Waals surface area (Å²) < 4.78 is 0. The predicted molar refractivity (Wildman–Crippen MR) is 54.8 cm³/mol. The largest absolute Gasteiger partial charge is 0.396 e. The minimum absolute atomic E-state index is 0.0887. The lowest BCUT2D eigenvalue weighted by Crippen LogP contribution is -2.12. The average Bonchev–Trinajstić information content (AvgIpc) is 2.04. The molecule has 0 aliphatic rings. The molecule has 1 aromatic carbocycles. The topological polar surface area (TPSA) is 46.2 Å². The number of nitrogens with two attached hydrogens (primary N) is 1. The summed E-state index contributed by atoms with van der Waals surface area (Å²) in [6, 6.07) is 5.60. The van der Waals surface area contributed by atoms with Crippen LogP contribution in [0.4, 0.5) is 0 Å². The molecule has 0 bridgehead atoms. The molecule has 1 rings (SSSR count). The third-order valence-electron chi connectivity index (χ3n) is 2.00. The molecular formula is C10H14ClNO. The summed E-state index contributed by atoms with van der Waals surface area (Å²) in [6.45, 7) is 2.07. The second-order valence-corrected chi connectivity index (χ2v) is 3.55. The number of benzene rings is 1. The average molecular weight is 200 g/mol. The fraction of sp³-hybridized carbons (Fsp3) is 0.400. The highest BCUT2D eigenvalue weighted by Gasteiger charge is 2.08. The Kier molecular flexibility index (Phi) is 3.72. The molecular weight excluding hydrogens is 186 g/mol. The van der Waals surface area contributed by atoms with Gasteiger partial charge in [-0.05, 0) is 30.5 Å². The van der Waals surface area contributed by atoms with Crippen LogP contribution in [0.1, 0.15) is 23.6 Å². The summed E-state index contributed by atoms with van der Waals surface area (Å²) in [4.78, 5) is 0. The Labute approximate surface area is 83.3 Å². The first-order chi connectivity index (χ1) is 6.15. The summed E-state index contributed by atoms with van der Waals surface area (Å²) in [5, 5.41) is 9.40. The standard InChI is InChI=1S/C10H14ClNO/c1-7-2-3-8(9(11)6-7)10(12)4-5-13/h2-3,6,10,13H,4-5,12H2,1H3.